The Morgan fingerprint density at radius 3 is 1.53 bits per heavy atom. The summed E-state index contributed by atoms with van der Waals surface area (Å²) in [7, 11) is 0. The molecule has 5 rings (SSSR count). The summed E-state index contributed by atoms with van der Waals surface area (Å²) in [6, 6.07) is 21.5. The molecule has 0 atom stereocenters. The van der Waals surface area contributed by atoms with E-state index in [1.54, 1.807) is 12.1 Å². The van der Waals surface area contributed by atoms with Crippen LogP contribution in [0.5, 0.6) is 11.5 Å². The van der Waals surface area contributed by atoms with Crippen LogP contribution in [0.15, 0.2) is 87.8 Å². The molecule has 0 aliphatic rings. The van der Waals surface area contributed by atoms with E-state index in [0.29, 0.717) is 11.4 Å². The van der Waals surface area contributed by atoms with Gasteiger partial charge in [-0.25, -0.2) is 0 Å². The summed E-state index contributed by atoms with van der Waals surface area (Å²) < 4.78 is 0. The van der Waals surface area contributed by atoms with Crippen molar-refractivity contribution in [2.45, 2.75) is 0 Å². The van der Waals surface area contributed by atoms with Crippen LogP contribution in [0.4, 0.5) is 11.4 Å². The Bertz CT molecular complexity index is 1520. The lowest BCUT2D eigenvalue weighted by molar-refractivity contribution is 0.477. The van der Waals surface area contributed by atoms with E-state index < -0.39 is 5.43 Å². The van der Waals surface area contributed by atoms with Gasteiger partial charge in [-0.15, -0.1) is 20.4 Å². The van der Waals surface area contributed by atoms with Gasteiger partial charge in [-0.1, -0.05) is 60.7 Å². The molecule has 0 bridgehead atoms. The van der Waals surface area contributed by atoms with Crippen molar-refractivity contribution >= 4 is 32.9 Å². The predicted molar refractivity (Wildman–Crippen MR) is 120 cm³/mol. The summed E-state index contributed by atoms with van der Waals surface area (Å²) in [4.78, 5) is 12.6. The van der Waals surface area contributed by atoms with Crippen molar-refractivity contribution in [1.82, 2.24) is 10.2 Å². The first-order valence-corrected chi connectivity index (χ1v) is 9.67. The quantitative estimate of drug-likeness (QED) is 0.257. The number of anilines is 2. The molecule has 156 valence electrons. The first kappa shape index (κ1) is 19.2. The molecule has 9 heteroatoms. The molecule has 4 N–H and O–H groups in total. The maximum Gasteiger partial charge on any atom is 0.274 e. The fourth-order valence-electron chi connectivity index (χ4n) is 3.40. The second-order valence-electron chi connectivity index (χ2n) is 6.99. The number of hydrogen-bond donors (Lipinski definition) is 4. The largest absolute Gasteiger partial charge is 0.506 e. The normalized spacial score (nSPS) is 12.5. The topological polar surface area (TPSA) is 132 Å². The number of nitrogens with zero attached hydrogens (tertiary/aromatic N) is 4. The summed E-state index contributed by atoms with van der Waals surface area (Å²) in [5, 5.41) is 39.2. The molecule has 32 heavy (non-hydrogen) atoms. The zero-order chi connectivity index (χ0) is 22.1. The second-order valence-corrected chi connectivity index (χ2v) is 6.99. The SMILES string of the molecule is O=c1c(=NNc2c(O)ccc3ccccc23)nnc1=NNc1c(O)ccc2ccccc12. The highest BCUT2D eigenvalue weighted by atomic mass is 16.3. The van der Waals surface area contributed by atoms with E-state index in [0.717, 1.165) is 21.5 Å². The van der Waals surface area contributed by atoms with Gasteiger partial charge in [-0.05, 0) is 22.9 Å². The lowest BCUT2D eigenvalue weighted by Crippen LogP contribution is -2.34. The monoisotopic (exact) mass is 424 g/mol. The van der Waals surface area contributed by atoms with Crippen LogP contribution in [0.3, 0.4) is 0 Å². The zero-order valence-corrected chi connectivity index (χ0v) is 16.5. The fourth-order valence-corrected chi connectivity index (χ4v) is 3.40. The minimum atomic E-state index is -0.607. The molecular weight excluding hydrogens is 408 g/mol. The van der Waals surface area contributed by atoms with Crippen LogP contribution in [0.1, 0.15) is 0 Å². The number of aromatic nitrogens is 2. The zero-order valence-electron chi connectivity index (χ0n) is 16.5. The van der Waals surface area contributed by atoms with Crippen LogP contribution in [-0.2, 0) is 0 Å². The standard InChI is InChI=1S/C23H16N6O3/c30-17-11-9-13-5-1-3-7-15(13)19(17)24-26-22-21(32)23(29-28-22)27-25-20-16-8-4-2-6-14(16)10-12-18(20)31/h1-12,24-25,30-31H. The maximum atomic E-state index is 12.6. The fraction of sp³-hybridized carbons (Fsp3) is 0. The van der Waals surface area contributed by atoms with Crippen LogP contribution >= 0.6 is 0 Å². The van der Waals surface area contributed by atoms with E-state index in [9.17, 15) is 15.0 Å². The molecule has 0 aliphatic heterocycles. The Kier molecular flexibility index (Phi) is 4.68. The number of rotatable bonds is 4. The molecule has 0 unspecified atom stereocenters. The Morgan fingerprint density at radius 1 is 0.625 bits per heavy atom. The smallest absolute Gasteiger partial charge is 0.274 e. The van der Waals surface area contributed by atoms with Gasteiger partial charge < -0.3 is 10.2 Å². The third-order valence-corrected chi connectivity index (χ3v) is 5.01. The van der Waals surface area contributed by atoms with Gasteiger partial charge in [0.2, 0.25) is 11.0 Å². The van der Waals surface area contributed by atoms with E-state index in [4.69, 9.17) is 0 Å². The molecule has 0 amide bonds. The van der Waals surface area contributed by atoms with Crippen molar-refractivity contribution in [3.63, 3.8) is 0 Å². The van der Waals surface area contributed by atoms with E-state index in [2.05, 4.69) is 31.3 Å². The molecular formula is C23H16N6O3. The average Bonchev–Trinajstić information content (AvgIpc) is 3.17. The summed E-state index contributed by atoms with van der Waals surface area (Å²) in [6.07, 6.45) is 0. The van der Waals surface area contributed by atoms with Gasteiger partial charge in [0.25, 0.3) is 5.43 Å². The highest BCUT2D eigenvalue weighted by Crippen LogP contribution is 2.33. The average molecular weight is 424 g/mol. The van der Waals surface area contributed by atoms with Gasteiger partial charge in [-0.3, -0.25) is 15.6 Å². The van der Waals surface area contributed by atoms with E-state index >= 15 is 0 Å². The number of nitrogens with one attached hydrogen (secondary N) is 2. The number of hydrogen-bond acceptors (Lipinski definition) is 9. The molecule has 0 spiro atoms. The van der Waals surface area contributed by atoms with Gasteiger partial charge in [0.05, 0.1) is 0 Å². The Balaban J connectivity index is 1.49. The molecule has 4 aromatic carbocycles. The Hall–Kier alpha value is -4.79. The molecule has 0 radical (unpaired) electrons. The van der Waals surface area contributed by atoms with Gasteiger partial charge in [0.1, 0.15) is 22.9 Å². The molecule has 0 saturated carbocycles. The summed E-state index contributed by atoms with van der Waals surface area (Å²) in [5.41, 5.74) is 5.08. The number of phenols is 2. The summed E-state index contributed by atoms with van der Waals surface area (Å²) in [6.45, 7) is 0. The van der Waals surface area contributed by atoms with Gasteiger partial charge >= 0.3 is 0 Å². The van der Waals surface area contributed by atoms with Gasteiger partial charge in [-0.2, -0.15) is 0 Å². The second kappa shape index (κ2) is 7.80. The minimum absolute atomic E-state index is 0.0163. The van der Waals surface area contributed by atoms with Crippen molar-refractivity contribution in [2.24, 2.45) is 10.2 Å². The first-order valence-electron chi connectivity index (χ1n) is 9.67. The van der Waals surface area contributed by atoms with Crippen molar-refractivity contribution in [3.8, 4) is 11.5 Å². The van der Waals surface area contributed by atoms with Crippen molar-refractivity contribution in [1.29, 1.82) is 0 Å². The molecule has 0 aliphatic carbocycles. The molecule has 0 saturated heterocycles. The van der Waals surface area contributed by atoms with Crippen LogP contribution in [0.25, 0.3) is 21.5 Å². The summed E-state index contributed by atoms with van der Waals surface area (Å²) in [5.74, 6) is -0.0326. The van der Waals surface area contributed by atoms with E-state index in [1.807, 2.05) is 48.5 Å². The highest BCUT2D eigenvalue weighted by Gasteiger charge is 2.09. The lowest BCUT2D eigenvalue weighted by Gasteiger charge is -2.07. The van der Waals surface area contributed by atoms with Gasteiger partial charge in [0, 0.05) is 10.8 Å². The molecule has 5 aromatic rings. The number of aromatic hydroxyl groups is 2. The van der Waals surface area contributed by atoms with Gasteiger partial charge in [0.15, 0.2) is 0 Å². The number of fused-ring (bicyclic) bond motifs is 2. The molecule has 9 nitrogen and oxygen atoms in total. The Labute approximate surface area is 180 Å². The van der Waals surface area contributed by atoms with Crippen molar-refractivity contribution < 1.29 is 10.2 Å². The van der Waals surface area contributed by atoms with E-state index in [1.165, 1.54) is 12.1 Å². The van der Waals surface area contributed by atoms with Crippen LogP contribution < -0.4 is 27.3 Å². The molecule has 0 fully saturated rings. The third kappa shape index (κ3) is 3.37. The number of benzene rings is 4. The predicted octanol–water partition coefficient (Wildman–Crippen LogP) is 2.29. The third-order valence-electron chi connectivity index (χ3n) is 5.01. The van der Waals surface area contributed by atoms with Crippen molar-refractivity contribution in [2.75, 3.05) is 10.9 Å². The number of phenolic OH excluding ortho intramolecular Hbond substituents is 2. The van der Waals surface area contributed by atoms with E-state index in [-0.39, 0.29) is 22.5 Å². The van der Waals surface area contributed by atoms with Crippen LogP contribution in [0, 0.1) is 0 Å². The highest BCUT2D eigenvalue weighted by molar-refractivity contribution is 5.97. The molecule has 1 aromatic heterocycles. The maximum absolute atomic E-state index is 12.6. The molecule has 1 heterocycles. The first-order chi connectivity index (χ1) is 15.6. The Morgan fingerprint density at radius 2 is 1.06 bits per heavy atom. The van der Waals surface area contributed by atoms with Crippen LogP contribution in [0.2, 0.25) is 0 Å². The van der Waals surface area contributed by atoms with Crippen molar-refractivity contribution in [3.05, 3.63) is 94.0 Å². The minimum Gasteiger partial charge on any atom is -0.506 e. The van der Waals surface area contributed by atoms with Crippen LogP contribution in [-0.4, -0.2) is 20.4 Å². The summed E-state index contributed by atoms with van der Waals surface area (Å²) >= 11 is 0. The lowest BCUT2D eigenvalue weighted by atomic mass is 10.1.